The Hall–Kier alpha value is -1.13. The molecule has 1 saturated heterocycles. The monoisotopic (exact) mass is 292 g/mol. The zero-order chi connectivity index (χ0) is 14.4. The predicted molar refractivity (Wildman–Crippen MR) is 84.8 cm³/mol. The van der Waals surface area contributed by atoms with Gasteiger partial charge in [-0.2, -0.15) is 0 Å². The Bertz CT molecular complexity index is 430. The molecule has 4 heteroatoms. The van der Waals surface area contributed by atoms with E-state index in [2.05, 4.69) is 35.9 Å². The maximum atomic E-state index is 12.5. The molecule has 1 amide bonds. The van der Waals surface area contributed by atoms with E-state index in [4.69, 9.17) is 0 Å². The Morgan fingerprint density at radius 2 is 2.45 bits per heavy atom. The summed E-state index contributed by atoms with van der Waals surface area (Å²) in [5.74, 6) is 0.260. The van der Waals surface area contributed by atoms with Crippen molar-refractivity contribution in [2.24, 2.45) is 0 Å². The Kier molecular flexibility index (Phi) is 5.80. The van der Waals surface area contributed by atoms with Crippen molar-refractivity contribution < 1.29 is 4.79 Å². The average Bonchev–Trinajstić information content (AvgIpc) is 2.92. The van der Waals surface area contributed by atoms with Gasteiger partial charge in [0, 0.05) is 30.6 Å². The molecule has 20 heavy (non-hydrogen) atoms. The maximum Gasteiger partial charge on any atom is 0.237 e. The molecule has 1 unspecified atom stereocenters. The lowest BCUT2D eigenvalue weighted by molar-refractivity contribution is -0.135. The van der Waals surface area contributed by atoms with Crippen LogP contribution >= 0.6 is 11.3 Å². The minimum atomic E-state index is 0.260. The SMILES string of the molecule is C=CCN(CC(=O)N1CCCCC1C)Cc1cccs1. The van der Waals surface area contributed by atoms with Crippen molar-refractivity contribution in [2.45, 2.75) is 38.8 Å². The maximum absolute atomic E-state index is 12.5. The fourth-order valence-corrected chi connectivity index (χ4v) is 3.49. The van der Waals surface area contributed by atoms with Crippen LogP contribution in [-0.2, 0) is 11.3 Å². The molecule has 2 heterocycles. The van der Waals surface area contributed by atoms with E-state index in [0.717, 1.165) is 32.5 Å². The first kappa shape index (κ1) is 15.3. The highest BCUT2D eigenvalue weighted by Gasteiger charge is 2.24. The van der Waals surface area contributed by atoms with E-state index < -0.39 is 0 Å². The first-order valence-electron chi connectivity index (χ1n) is 7.36. The molecule has 0 aromatic carbocycles. The van der Waals surface area contributed by atoms with Crippen LogP contribution in [0.5, 0.6) is 0 Å². The second-order valence-electron chi connectivity index (χ2n) is 5.47. The number of piperidine rings is 1. The standard InChI is InChI=1S/C16H24N2OS/c1-3-9-17(12-15-8-6-11-20-15)13-16(19)18-10-5-4-7-14(18)2/h3,6,8,11,14H,1,4-5,7,9-10,12-13H2,2H3. The van der Waals surface area contributed by atoms with Gasteiger partial charge in [-0.25, -0.2) is 0 Å². The van der Waals surface area contributed by atoms with Gasteiger partial charge in [0.2, 0.25) is 5.91 Å². The molecule has 1 aliphatic rings. The molecule has 3 nitrogen and oxygen atoms in total. The number of hydrogen-bond acceptors (Lipinski definition) is 3. The summed E-state index contributed by atoms with van der Waals surface area (Å²) < 4.78 is 0. The van der Waals surface area contributed by atoms with Crippen molar-refractivity contribution in [2.75, 3.05) is 19.6 Å². The van der Waals surface area contributed by atoms with Crippen LogP contribution in [0.4, 0.5) is 0 Å². The zero-order valence-corrected chi connectivity index (χ0v) is 13.1. The molecule has 1 aliphatic heterocycles. The van der Waals surface area contributed by atoms with Gasteiger partial charge in [0.25, 0.3) is 0 Å². The number of amides is 1. The zero-order valence-electron chi connectivity index (χ0n) is 12.3. The van der Waals surface area contributed by atoms with Crippen LogP contribution in [0.2, 0.25) is 0 Å². The normalized spacial score (nSPS) is 19.3. The molecule has 0 spiro atoms. The van der Waals surface area contributed by atoms with Gasteiger partial charge in [0.05, 0.1) is 6.54 Å². The number of likely N-dealkylation sites (tertiary alicyclic amines) is 1. The highest BCUT2D eigenvalue weighted by molar-refractivity contribution is 7.09. The lowest BCUT2D eigenvalue weighted by Crippen LogP contribution is -2.46. The number of thiophene rings is 1. The summed E-state index contributed by atoms with van der Waals surface area (Å²) in [5.41, 5.74) is 0. The van der Waals surface area contributed by atoms with Crippen LogP contribution in [0, 0.1) is 0 Å². The van der Waals surface area contributed by atoms with Gasteiger partial charge in [-0.3, -0.25) is 9.69 Å². The van der Waals surface area contributed by atoms with E-state index in [-0.39, 0.29) is 5.91 Å². The van der Waals surface area contributed by atoms with Crippen molar-refractivity contribution in [3.63, 3.8) is 0 Å². The lowest BCUT2D eigenvalue weighted by Gasteiger charge is -2.35. The van der Waals surface area contributed by atoms with Crippen LogP contribution < -0.4 is 0 Å². The van der Waals surface area contributed by atoms with E-state index in [9.17, 15) is 4.79 Å². The molecule has 1 atom stereocenters. The molecule has 2 rings (SSSR count). The summed E-state index contributed by atoms with van der Waals surface area (Å²) in [6, 6.07) is 4.57. The van der Waals surface area contributed by atoms with Crippen molar-refractivity contribution in [3.05, 3.63) is 35.0 Å². The number of hydrogen-bond donors (Lipinski definition) is 0. The number of carbonyl (C=O) groups excluding carboxylic acids is 1. The summed E-state index contributed by atoms with van der Waals surface area (Å²) in [4.78, 5) is 18.0. The third kappa shape index (κ3) is 4.18. The molecule has 0 N–H and O–H groups in total. The quantitative estimate of drug-likeness (QED) is 0.752. The number of carbonyl (C=O) groups is 1. The summed E-state index contributed by atoms with van der Waals surface area (Å²) >= 11 is 1.74. The molecule has 1 aromatic rings. The first-order chi connectivity index (χ1) is 9.70. The molecule has 1 fully saturated rings. The van der Waals surface area contributed by atoms with Crippen molar-refractivity contribution in [3.8, 4) is 0 Å². The number of nitrogens with zero attached hydrogens (tertiary/aromatic N) is 2. The van der Waals surface area contributed by atoms with Gasteiger partial charge in [-0.05, 0) is 37.6 Å². The smallest absolute Gasteiger partial charge is 0.237 e. The molecule has 1 aromatic heterocycles. The molecular formula is C16H24N2OS. The Balaban J connectivity index is 1.92. The van der Waals surface area contributed by atoms with Gasteiger partial charge in [0.1, 0.15) is 0 Å². The molecule has 0 saturated carbocycles. The molecule has 0 bridgehead atoms. The summed E-state index contributed by atoms with van der Waals surface area (Å²) in [6.07, 6.45) is 5.40. The molecule has 0 aliphatic carbocycles. The number of rotatable bonds is 6. The fourth-order valence-electron chi connectivity index (χ4n) is 2.74. The lowest BCUT2D eigenvalue weighted by atomic mass is 10.0. The van der Waals surface area contributed by atoms with Crippen LogP contribution in [0.25, 0.3) is 0 Å². The molecule has 110 valence electrons. The molecule has 0 radical (unpaired) electrons. The van der Waals surface area contributed by atoms with E-state index in [0.29, 0.717) is 12.6 Å². The highest BCUT2D eigenvalue weighted by atomic mass is 32.1. The third-order valence-electron chi connectivity index (χ3n) is 3.83. The summed E-state index contributed by atoms with van der Waals surface area (Å²) in [7, 11) is 0. The minimum Gasteiger partial charge on any atom is -0.339 e. The van der Waals surface area contributed by atoms with Gasteiger partial charge in [-0.1, -0.05) is 12.1 Å². The minimum absolute atomic E-state index is 0.260. The van der Waals surface area contributed by atoms with Crippen LogP contribution in [0.1, 0.15) is 31.1 Å². The van der Waals surface area contributed by atoms with Crippen molar-refractivity contribution in [1.82, 2.24) is 9.80 Å². The van der Waals surface area contributed by atoms with Gasteiger partial charge >= 0.3 is 0 Å². The third-order valence-corrected chi connectivity index (χ3v) is 4.69. The summed E-state index contributed by atoms with van der Waals surface area (Å²) in [5, 5.41) is 2.08. The second-order valence-corrected chi connectivity index (χ2v) is 6.50. The Morgan fingerprint density at radius 3 is 3.10 bits per heavy atom. The van der Waals surface area contributed by atoms with E-state index >= 15 is 0 Å². The second kappa shape index (κ2) is 7.60. The average molecular weight is 292 g/mol. The fraction of sp³-hybridized carbons (Fsp3) is 0.562. The largest absolute Gasteiger partial charge is 0.339 e. The van der Waals surface area contributed by atoms with Crippen LogP contribution in [0.3, 0.4) is 0 Å². The van der Waals surface area contributed by atoms with Gasteiger partial charge in [0.15, 0.2) is 0 Å². The Morgan fingerprint density at radius 1 is 1.60 bits per heavy atom. The van der Waals surface area contributed by atoms with E-state index in [1.54, 1.807) is 11.3 Å². The van der Waals surface area contributed by atoms with Crippen LogP contribution in [-0.4, -0.2) is 41.4 Å². The van der Waals surface area contributed by atoms with Gasteiger partial charge in [-0.15, -0.1) is 17.9 Å². The van der Waals surface area contributed by atoms with Crippen molar-refractivity contribution >= 4 is 17.2 Å². The Labute approximate surface area is 125 Å². The summed E-state index contributed by atoms with van der Waals surface area (Å²) in [6.45, 7) is 8.96. The van der Waals surface area contributed by atoms with Crippen LogP contribution in [0.15, 0.2) is 30.2 Å². The van der Waals surface area contributed by atoms with Gasteiger partial charge < -0.3 is 4.90 Å². The molecular weight excluding hydrogens is 268 g/mol. The van der Waals surface area contributed by atoms with Crippen molar-refractivity contribution in [1.29, 1.82) is 0 Å². The van der Waals surface area contributed by atoms with E-state index in [1.807, 2.05) is 11.0 Å². The first-order valence-corrected chi connectivity index (χ1v) is 8.23. The van der Waals surface area contributed by atoms with E-state index in [1.165, 1.54) is 11.3 Å². The highest BCUT2D eigenvalue weighted by Crippen LogP contribution is 2.17. The predicted octanol–water partition coefficient (Wildman–Crippen LogP) is 3.14. The topological polar surface area (TPSA) is 23.6 Å².